The molecule has 0 atom stereocenters. The SMILES string of the molecule is O=C(c1ccc([N+](=O)[O-])cc1)N(CCN1CCOCC1)Cc1ccc([N+](=O)[O-])cc1. The van der Waals surface area contributed by atoms with Gasteiger partial charge in [-0.05, 0) is 17.7 Å². The molecule has 0 spiro atoms. The minimum absolute atomic E-state index is 0.0136. The fraction of sp³-hybridized carbons (Fsp3) is 0.350. The highest BCUT2D eigenvalue weighted by atomic mass is 16.6. The van der Waals surface area contributed by atoms with Gasteiger partial charge in [-0.2, -0.15) is 0 Å². The summed E-state index contributed by atoms with van der Waals surface area (Å²) in [5, 5.41) is 21.7. The number of non-ortho nitro benzene ring substituents is 2. The topological polar surface area (TPSA) is 119 Å². The second-order valence-electron chi connectivity index (χ2n) is 6.91. The molecule has 30 heavy (non-hydrogen) atoms. The van der Waals surface area contributed by atoms with Crippen LogP contribution in [0.2, 0.25) is 0 Å². The fourth-order valence-corrected chi connectivity index (χ4v) is 3.19. The zero-order valence-electron chi connectivity index (χ0n) is 16.3. The van der Waals surface area contributed by atoms with Crippen LogP contribution in [0.25, 0.3) is 0 Å². The molecule has 158 valence electrons. The van der Waals surface area contributed by atoms with Crippen molar-refractivity contribution in [1.29, 1.82) is 0 Å². The van der Waals surface area contributed by atoms with E-state index in [9.17, 15) is 25.0 Å². The van der Waals surface area contributed by atoms with Crippen molar-refractivity contribution in [2.45, 2.75) is 6.54 Å². The minimum Gasteiger partial charge on any atom is -0.379 e. The van der Waals surface area contributed by atoms with Crippen LogP contribution in [0.5, 0.6) is 0 Å². The van der Waals surface area contributed by atoms with E-state index in [4.69, 9.17) is 4.74 Å². The number of rotatable bonds is 8. The van der Waals surface area contributed by atoms with Crippen LogP contribution in [0.1, 0.15) is 15.9 Å². The standard InChI is InChI=1S/C20H22N4O6/c25-20(17-3-7-19(8-4-17)24(28)29)22(10-9-21-11-13-30-14-12-21)15-16-1-5-18(6-2-16)23(26)27/h1-8H,9-15H2. The first-order chi connectivity index (χ1) is 14.4. The molecule has 3 rings (SSSR count). The summed E-state index contributed by atoms with van der Waals surface area (Å²) >= 11 is 0. The van der Waals surface area contributed by atoms with Crippen molar-refractivity contribution in [3.8, 4) is 0 Å². The predicted molar refractivity (Wildman–Crippen MR) is 108 cm³/mol. The first-order valence-corrected chi connectivity index (χ1v) is 9.51. The van der Waals surface area contributed by atoms with Gasteiger partial charge in [0.05, 0.1) is 23.1 Å². The monoisotopic (exact) mass is 414 g/mol. The van der Waals surface area contributed by atoms with Gasteiger partial charge >= 0.3 is 0 Å². The lowest BCUT2D eigenvalue weighted by Gasteiger charge is -2.30. The van der Waals surface area contributed by atoms with Gasteiger partial charge in [0, 0.05) is 62.6 Å². The van der Waals surface area contributed by atoms with E-state index in [1.165, 1.54) is 36.4 Å². The Bertz CT molecular complexity index is 895. The molecule has 0 aliphatic carbocycles. The fourth-order valence-electron chi connectivity index (χ4n) is 3.19. The lowest BCUT2D eigenvalue weighted by molar-refractivity contribution is -0.385. The van der Waals surface area contributed by atoms with Gasteiger partial charge < -0.3 is 9.64 Å². The van der Waals surface area contributed by atoms with Crippen LogP contribution in [-0.2, 0) is 11.3 Å². The van der Waals surface area contributed by atoms with Crippen LogP contribution in [0.15, 0.2) is 48.5 Å². The number of amides is 1. The van der Waals surface area contributed by atoms with Crippen molar-refractivity contribution in [2.24, 2.45) is 0 Å². The molecule has 2 aromatic carbocycles. The van der Waals surface area contributed by atoms with E-state index in [1.54, 1.807) is 17.0 Å². The van der Waals surface area contributed by atoms with E-state index in [1.807, 2.05) is 0 Å². The molecule has 1 saturated heterocycles. The molecular weight excluding hydrogens is 392 g/mol. The molecule has 1 aliphatic heterocycles. The molecule has 0 aromatic heterocycles. The Morgan fingerprint density at radius 2 is 1.47 bits per heavy atom. The maximum atomic E-state index is 13.1. The normalized spacial score (nSPS) is 14.3. The lowest BCUT2D eigenvalue weighted by atomic mass is 10.1. The van der Waals surface area contributed by atoms with Crippen molar-refractivity contribution in [3.05, 3.63) is 79.9 Å². The summed E-state index contributed by atoms with van der Waals surface area (Å²) in [4.78, 5) is 37.7. The Balaban J connectivity index is 1.75. The number of hydrogen-bond acceptors (Lipinski definition) is 7. The number of nitrogens with zero attached hydrogens (tertiary/aromatic N) is 4. The van der Waals surface area contributed by atoms with Gasteiger partial charge in [0.15, 0.2) is 0 Å². The summed E-state index contributed by atoms with van der Waals surface area (Å²) in [6.07, 6.45) is 0. The van der Waals surface area contributed by atoms with E-state index >= 15 is 0 Å². The van der Waals surface area contributed by atoms with Gasteiger partial charge in [-0.3, -0.25) is 29.9 Å². The first kappa shape index (κ1) is 21.3. The number of nitro groups is 2. The van der Waals surface area contributed by atoms with Crippen LogP contribution < -0.4 is 0 Å². The summed E-state index contributed by atoms with van der Waals surface area (Å²) < 4.78 is 5.35. The number of carbonyl (C=O) groups excluding carboxylic acids is 1. The average molecular weight is 414 g/mol. The molecule has 0 N–H and O–H groups in total. The van der Waals surface area contributed by atoms with Crippen molar-refractivity contribution in [1.82, 2.24) is 9.80 Å². The highest BCUT2D eigenvalue weighted by Gasteiger charge is 2.20. The van der Waals surface area contributed by atoms with Crippen LogP contribution in [0, 0.1) is 20.2 Å². The summed E-state index contributed by atoms with van der Waals surface area (Å²) in [5.74, 6) is -0.253. The van der Waals surface area contributed by atoms with Gasteiger partial charge in [0.25, 0.3) is 17.3 Å². The van der Waals surface area contributed by atoms with E-state index < -0.39 is 9.85 Å². The Morgan fingerprint density at radius 3 is 2.00 bits per heavy atom. The van der Waals surface area contributed by atoms with Crippen LogP contribution in [-0.4, -0.2) is 64.9 Å². The minimum atomic E-state index is -0.513. The van der Waals surface area contributed by atoms with Crippen LogP contribution >= 0.6 is 0 Å². The molecular formula is C20H22N4O6. The summed E-state index contributed by atoms with van der Waals surface area (Å²) in [5.41, 5.74) is 1.02. The Hall–Kier alpha value is -3.37. The van der Waals surface area contributed by atoms with Crippen molar-refractivity contribution < 1.29 is 19.4 Å². The molecule has 1 aliphatic rings. The number of carbonyl (C=O) groups is 1. The number of benzene rings is 2. The maximum absolute atomic E-state index is 13.1. The molecule has 0 unspecified atom stereocenters. The van der Waals surface area contributed by atoms with E-state index in [0.29, 0.717) is 31.9 Å². The molecule has 10 nitrogen and oxygen atoms in total. The van der Waals surface area contributed by atoms with Crippen LogP contribution in [0.4, 0.5) is 11.4 Å². The zero-order chi connectivity index (χ0) is 21.5. The molecule has 0 saturated carbocycles. The molecule has 2 aromatic rings. The van der Waals surface area contributed by atoms with Crippen molar-refractivity contribution in [3.63, 3.8) is 0 Å². The Kier molecular flexibility index (Phi) is 7.04. The maximum Gasteiger partial charge on any atom is 0.269 e. The highest BCUT2D eigenvalue weighted by molar-refractivity contribution is 5.94. The molecule has 1 amide bonds. The molecule has 1 fully saturated rings. The smallest absolute Gasteiger partial charge is 0.269 e. The zero-order valence-corrected chi connectivity index (χ0v) is 16.3. The average Bonchev–Trinajstić information content (AvgIpc) is 2.77. The third-order valence-electron chi connectivity index (χ3n) is 4.92. The molecule has 0 radical (unpaired) electrons. The molecule has 1 heterocycles. The second-order valence-corrected chi connectivity index (χ2v) is 6.91. The Labute approximate surface area is 173 Å². The number of nitro benzene ring substituents is 2. The van der Waals surface area contributed by atoms with Gasteiger partial charge in [-0.1, -0.05) is 12.1 Å². The largest absolute Gasteiger partial charge is 0.379 e. The third-order valence-corrected chi connectivity index (χ3v) is 4.92. The quantitative estimate of drug-likeness (QED) is 0.481. The summed E-state index contributed by atoms with van der Waals surface area (Å²) in [6.45, 7) is 4.27. The highest BCUT2D eigenvalue weighted by Crippen LogP contribution is 2.17. The van der Waals surface area contributed by atoms with Gasteiger partial charge in [-0.15, -0.1) is 0 Å². The number of ether oxygens (including phenoxy) is 1. The summed E-state index contributed by atoms with van der Waals surface area (Å²) in [6, 6.07) is 11.6. The number of hydrogen-bond donors (Lipinski definition) is 0. The van der Waals surface area contributed by atoms with E-state index in [-0.39, 0.29) is 23.8 Å². The van der Waals surface area contributed by atoms with Crippen LogP contribution in [0.3, 0.4) is 0 Å². The van der Waals surface area contributed by atoms with Gasteiger partial charge in [-0.25, -0.2) is 0 Å². The van der Waals surface area contributed by atoms with Gasteiger partial charge in [0.2, 0.25) is 0 Å². The van der Waals surface area contributed by atoms with Gasteiger partial charge in [0.1, 0.15) is 0 Å². The second kappa shape index (κ2) is 9.90. The van der Waals surface area contributed by atoms with Crippen molar-refractivity contribution in [2.75, 3.05) is 39.4 Å². The molecule has 10 heteroatoms. The Morgan fingerprint density at radius 1 is 0.933 bits per heavy atom. The van der Waals surface area contributed by atoms with E-state index in [2.05, 4.69) is 4.90 Å². The summed E-state index contributed by atoms with van der Waals surface area (Å²) in [7, 11) is 0. The molecule has 0 bridgehead atoms. The number of morpholine rings is 1. The predicted octanol–water partition coefficient (Wildman–Crippen LogP) is 2.48. The van der Waals surface area contributed by atoms with E-state index in [0.717, 1.165) is 18.7 Å². The first-order valence-electron chi connectivity index (χ1n) is 9.51. The van der Waals surface area contributed by atoms with Crippen molar-refractivity contribution >= 4 is 17.3 Å². The lowest BCUT2D eigenvalue weighted by Crippen LogP contribution is -2.42. The third kappa shape index (κ3) is 5.58.